The van der Waals surface area contributed by atoms with Crippen molar-refractivity contribution in [1.29, 1.82) is 0 Å². The Balaban J connectivity index is 1.98. The van der Waals surface area contributed by atoms with Crippen LogP contribution in [0.15, 0.2) is 24.3 Å². The Hall–Kier alpha value is -1.60. The zero-order valence-corrected chi connectivity index (χ0v) is 13.7. The molecule has 1 N–H and O–H groups in total. The van der Waals surface area contributed by atoms with E-state index < -0.39 is 16.1 Å². The van der Waals surface area contributed by atoms with Crippen molar-refractivity contribution in [3.8, 4) is 0 Å². The fourth-order valence-electron chi connectivity index (χ4n) is 2.45. The monoisotopic (exact) mass is 326 g/mol. The second-order valence-corrected chi connectivity index (χ2v) is 7.37. The molecule has 1 unspecified atom stereocenters. The summed E-state index contributed by atoms with van der Waals surface area (Å²) in [5.74, 6) is -0.171. The van der Waals surface area contributed by atoms with Crippen LogP contribution in [0.5, 0.6) is 0 Å². The second kappa shape index (κ2) is 7.11. The highest BCUT2D eigenvalue weighted by atomic mass is 32.2. The van der Waals surface area contributed by atoms with Gasteiger partial charge in [0.1, 0.15) is 6.10 Å². The van der Waals surface area contributed by atoms with Gasteiger partial charge in [-0.1, -0.05) is 12.1 Å². The van der Waals surface area contributed by atoms with Gasteiger partial charge in [0.05, 0.1) is 18.5 Å². The number of amides is 1. The number of carbonyl (C=O) groups excluding carboxylic acids is 1. The van der Waals surface area contributed by atoms with E-state index in [4.69, 9.17) is 4.74 Å². The number of anilines is 1. The zero-order chi connectivity index (χ0) is 16.2. The van der Waals surface area contributed by atoms with Gasteiger partial charge in [0, 0.05) is 13.2 Å². The van der Waals surface area contributed by atoms with Crippen molar-refractivity contribution in [3.63, 3.8) is 0 Å². The molecule has 6 nitrogen and oxygen atoms in total. The lowest BCUT2D eigenvalue weighted by Gasteiger charge is -2.23. The molecule has 0 spiro atoms. The van der Waals surface area contributed by atoms with Crippen LogP contribution < -0.4 is 9.62 Å². The molecule has 22 heavy (non-hydrogen) atoms. The third-order valence-corrected chi connectivity index (χ3v) is 4.72. The fourth-order valence-corrected chi connectivity index (χ4v) is 3.37. The molecule has 122 valence electrons. The molecular weight excluding hydrogens is 304 g/mol. The van der Waals surface area contributed by atoms with Crippen molar-refractivity contribution in [1.82, 2.24) is 5.32 Å². The highest BCUT2D eigenvalue weighted by Crippen LogP contribution is 2.18. The van der Waals surface area contributed by atoms with Gasteiger partial charge >= 0.3 is 0 Å². The van der Waals surface area contributed by atoms with Crippen molar-refractivity contribution in [3.05, 3.63) is 29.8 Å². The predicted molar refractivity (Wildman–Crippen MR) is 85.4 cm³/mol. The van der Waals surface area contributed by atoms with Crippen molar-refractivity contribution in [2.45, 2.75) is 25.9 Å². The molecule has 7 heteroatoms. The number of aryl methyl sites for hydroxylation is 1. The summed E-state index contributed by atoms with van der Waals surface area (Å²) < 4.78 is 30.5. The first kappa shape index (κ1) is 16.8. The smallest absolute Gasteiger partial charge is 0.249 e. The predicted octanol–water partition coefficient (Wildman–Crippen LogP) is 1.06. The normalized spacial score (nSPS) is 18.2. The van der Waals surface area contributed by atoms with Gasteiger partial charge in [0.25, 0.3) is 0 Å². The molecule has 0 aliphatic carbocycles. The third-order valence-electron chi connectivity index (χ3n) is 3.53. The average Bonchev–Trinajstić information content (AvgIpc) is 2.96. The van der Waals surface area contributed by atoms with Crippen LogP contribution >= 0.6 is 0 Å². The van der Waals surface area contributed by atoms with E-state index in [0.717, 1.165) is 24.7 Å². The SMILES string of the molecule is Cc1cccc(N(CCNC(=O)C2CCCO2)S(C)(=O)=O)c1. The molecule has 1 aromatic carbocycles. The quantitative estimate of drug-likeness (QED) is 0.848. The number of ether oxygens (including phenoxy) is 1. The van der Waals surface area contributed by atoms with E-state index in [-0.39, 0.29) is 19.0 Å². The van der Waals surface area contributed by atoms with Crippen LogP contribution in [0.2, 0.25) is 0 Å². The van der Waals surface area contributed by atoms with Crippen LogP contribution in [0.25, 0.3) is 0 Å². The Morgan fingerprint density at radius 1 is 1.45 bits per heavy atom. The zero-order valence-electron chi connectivity index (χ0n) is 12.9. The summed E-state index contributed by atoms with van der Waals surface area (Å²) in [4.78, 5) is 11.9. The molecule has 0 saturated carbocycles. The van der Waals surface area contributed by atoms with Gasteiger partial charge in [-0.25, -0.2) is 8.42 Å². The van der Waals surface area contributed by atoms with Gasteiger partial charge in [-0.3, -0.25) is 9.10 Å². The van der Waals surface area contributed by atoms with E-state index in [9.17, 15) is 13.2 Å². The number of sulfonamides is 1. The lowest BCUT2D eigenvalue weighted by molar-refractivity contribution is -0.129. The van der Waals surface area contributed by atoms with Crippen LogP contribution in [0.4, 0.5) is 5.69 Å². The standard InChI is InChI=1S/C15H22N2O4S/c1-12-5-3-6-13(11-12)17(22(2,19)20)9-8-16-15(18)14-7-4-10-21-14/h3,5-6,11,14H,4,7-10H2,1-2H3,(H,16,18). The first-order valence-corrected chi connectivity index (χ1v) is 9.16. The molecular formula is C15H22N2O4S. The molecule has 2 rings (SSSR count). The van der Waals surface area contributed by atoms with Crippen LogP contribution in [-0.2, 0) is 19.6 Å². The topological polar surface area (TPSA) is 75.7 Å². The maximum absolute atomic E-state index is 12.0. The summed E-state index contributed by atoms with van der Waals surface area (Å²) >= 11 is 0. The summed E-state index contributed by atoms with van der Waals surface area (Å²) in [6.45, 7) is 2.96. The lowest BCUT2D eigenvalue weighted by atomic mass is 10.2. The van der Waals surface area contributed by atoms with Crippen molar-refractivity contribution in [2.75, 3.05) is 30.3 Å². The second-order valence-electron chi connectivity index (χ2n) is 5.47. The maximum atomic E-state index is 12.0. The van der Waals surface area contributed by atoms with E-state index in [0.29, 0.717) is 12.3 Å². The molecule has 1 aliphatic rings. The van der Waals surface area contributed by atoms with Gasteiger partial charge < -0.3 is 10.1 Å². The first-order valence-electron chi connectivity index (χ1n) is 7.31. The number of benzene rings is 1. The van der Waals surface area contributed by atoms with Gasteiger partial charge in [0.2, 0.25) is 15.9 Å². The van der Waals surface area contributed by atoms with E-state index >= 15 is 0 Å². The molecule has 1 saturated heterocycles. The number of rotatable bonds is 6. The molecule has 1 atom stereocenters. The Morgan fingerprint density at radius 2 is 2.23 bits per heavy atom. The largest absolute Gasteiger partial charge is 0.368 e. The number of nitrogens with one attached hydrogen (secondary N) is 1. The van der Waals surface area contributed by atoms with Crippen LogP contribution in [0.1, 0.15) is 18.4 Å². The molecule has 1 amide bonds. The maximum Gasteiger partial charge on any atom is 0.249 e. The number of hydrogen-bond acceptors (Lipinski definition) is 4. The summed E-state index contributed by atoms with van der Waals surface area (Å²) in [7, 11) is -3.40. The summed E-state index contributed by atoms with van der Waals surface area (Å²) in [5, 5.41) is 2.74. The van der Waals surface area contributed by atoms with Gasteiger partial charge in [-0.15, -0.1) is 0 Å². The number of hydrogen-bond donors (Lipinski definition) is 1. The minimum atomic E-state index is -3.40. The van der Waals surface area contributed by atoms with Crippen molar-refractivity contribution in [2.24, 2.45) is 0 Å². The van der Waals surface area contributed by atoms with Crippen LogP contribution in [0.3, 0.4) is 0 Å². The summed E-state index contributed by atoms with van der Waals surface area (Å²) in [5.41, 5.74) is 1.59. The first-order chi connectivity index (χ1) is 10.4. The Labute approximate surface area is 131 Å². The number of carbonyl (C=O) groups is 1. The molecule has 1 fully saturated rings. The van der Waals surface area contributed by atoms with Crippen LogP contribution in [0, 0.1) is 6.92 Å². The minimum Gasteiger partial charge on any atom is -0.368 e. The molecule has 1 heterocycles. The summed E-state index contributed by atoms with van der Waals surface area (Å²) in [6, 6.07) is 7.27. The fraction of sp³-hybridized carbons (Fsp3) is 0.533. The average molecular weight is 326 g/mol. The van der Waals surface area contributed by atoms with Gasteiger partial charge in [-0.2, -0.15) is 0 Å². The van der Waals surface area contributed by atoms with E-state index in [1.165, 1.54) is 4.31 Å². The highest BCUT2D eigenvalue weighted by Gasteiger charge is 2.24. The highest BCUT2D eigenvalue weighted by molar-refractivity contribution is 7.92. The van der Waals surface area contributed by atoms with Crippen molar-refractivity contribution < 1.29 is 17.9 Å². The van der Waals surface area contributed by atoms with Gasteiger partial charge in [-0.05, 0) is 37.5 Å². The third kappa shape index (κ3) is 4.45. The van der Waals surface area contributed by atoms with Crippen molar-refractivity contribution >= 4 is 21.6 Å². The molecule has 1 aliphatic heterocycles. The van der Waals surface area contributed by atoms with Gasteiger partial charge in [0.15, 0.2) is 0 Å². The molecule has 0 bridgehead atoms. The molecule has 0 radical (unpaired) electrons. The van der Waals surface area contributed by atoms with E-state index in [1.54, 1.807) is 6.07 Å². The Morgan fingerprint density at radius 3 is 2.82 bits per heavy atom. The summed E-state index contributed by atoms with van der Waals surface area (Å²) in [6.07, 6.45) is 2.37. The number of nitrogens with zero attached hydrogens (tertiary/aromatic N) is 1. The van der Waals surface area contributed by atoms with Crippen LogP contribution in [-0.4, -0.2) is 46.4 Å². The molecule has 0 aromatic heterocycles. The van der Waals surface area contributed by atoms with E-state index in [2.05, 4.69) is 5.32 Å². The van der Waals surface area contributed by atoms with E-state index in [1.807, 2.05) is 25.1 Å². The Bertz CT molecular complexity index is 624. The minimum absolute atomic E-state index is 0.171. The Kier molecular flexibility index (Phi) is 5.42. The lowest BCUT2D eigenvalue weighted by Crippen LogP contribution is -2.41. The molecule has 1 aromatic rings.